The van der Waals surface area contributed by atoms with Crippen LogP contribution in [0.4, 0.5) is 0 Å². The highest BCUT2D eigenvalue weighted by atomic mass is 79.9. The monoisotopic (exact) mass is 356 g/mol. The molecule has 0 radical (unpaired) electrons. The van der Waals surface area contributed by atoms with Gasteiger partial charge in [0.15, 0.2) is 0 Å². The predicted octanol–water partition coefficient (Wildman–Crippen LogP) is 4.16. The number of halogens is 2. The van der Waals surface area contributed by atoms with Gasteiger partial charge in [-0.2, -0.15) is 5.10 Å². The van der Waals surface area contributed by atoms with Crippen LogP contribution in [0.2, 0.25) is 5.02 Å². The van der Waals surface area contributed by atoms with Gasteiger partial charge < -0.3 is 5.11 Å². The summed E-state index contributed by atoms with van der Waals surface area (Å²) in [6.45, 7) is 4.94. The van der Waals surface area contributed by atoms with E-state index in [-0.39, 0.29) is 0 Å². The van der Waals surface area contributed by atoms with Gasteiger partial charge in [0, 0.05) is 28.2 Å². The van der Waals surface area contributed by atoms with E-state index < -0.39 is 6.10 Å². The van der Waals surface area contributed by atoms with Gasteiger partial charge in [0.25, 0.3) is 0 Å². The van der Waals surface area contributed by atoms with E-state index in [1.807, 2.05) is 10.7 Å². The fourth-order valence-corrected chi connectivity index (χ4v) is 2.90. The zero-order valence-electron chi connectivity index (χ0n) is 11.6. The Hall–Kier alpha value is -0.840. The van der Waals surface area contributed by atoms with Crippen molar-refractivity contribution in [2.24, 2.45) is 0 Å². The molecule has 1 aromatic carbocycles. The smallest absolute Gasteiger partial charge is 0.0856 e. The number of nitrogens with zero attached hydrogens (tertiary/aromatic N) is 2. The lowest BCUT2D eigenvalue weighted by Crippen LogP contribution is -2.09. The first kappa shape index (κ1) is 15.5. The Bertz CT molecular complexity index is 598. The van der Waals surface area contributed by atoms with Crippen molar-refractivity contribution in [1.29, 1.82) is 0 Å². The molecule has 5 heteroatoms. The Morgan fingerprint density at radius 2 is 2.10 bits per heavy atom. The first-order valence-corrected chi connectivity index (χ1v) is 7.90. The van der Waals surface area contributed by atoms with Gasteiger partial charge in [-0.3, -0.25) is 4.68 Å². The first-order chi connectivity index (χ1) is 9.55. The summed E-state index contributed by atoms with van der Waals surface area (Å²) in [7, 11) is 0. The average molecular weight is 358 g/mol. The van der Waals surface area contributed by atoms with E-state index in [1.54, 1.807) is 12.1 Å². The van der Waals surface area contributed by atoms with E-state index in [4.69, 9.17) is 11.6 Å². The summed E-state index contributed by atoms with van der Waals surface area (Å²) in [6, 6.07) is 7.51. The van der Waals surface area contributed by atoms with E-state index in [1.165, 1.54) is 0 Å². The molecule has 1 aromatic heterocycles. The molecular formula is C15H18BrClN2O. The second-order valence-corrected chi connectivity index (χ2v) is 5.97. The molecule has 0 saturated carbocycles. The third-order valence-corrected chi connectivity index (χ3v) is 4.25. The molecule has 1 heterocycles. The second-order valence-electron chi connectivity index (χ2n) is 4.68. The molecule has 2 aromatic rings. The summed E-state index contributed by atoms with van der Waals surface area (Å²) in [5.41, 5.74) is 2.90. The van der Waals surface area contributed by atoms with E-state index in [2.05, 4.69) is 40.9 Å². The Morgan fingerprint density at radius 1 is 1.35 bits per heavy atom. The molecule has 0 aliphatic heterocycles. The van der Waals surface area contributed by atoms with Crippen LogP contribution in [0.25, 0.3) is 0 Å². The lowest BCUT2D eigenvalue weighted by molar-refractivity contribution is 0.174. The number of hydrogen-bond donors (Lipinski definition) is 1. The number of aromatic nitrogens is 2. The van der Waals surface area contributed by atoms with E-state index in [9.17, 15) is 5.11 Å². The maximum Gasteiger partial charge on any atom is 0.0856 e. The highest BCUT2D eigenvalue weighted by Gasteiger charge is 2.16. The van der Waals surface area contributed by atoms with Gasteiger partial charge in [-0.1, -0.05) is 34.5 Å². The quantitative estimate of drug-likeness (QED) is 0.872. The number of aryl methyl sites for hydroxylation is 2. The van der Waals surface area contributed by atoms with Crippen LogP contribution in [0.5, 0.6) is 0 Å². The Labute approximate surface area is 132 Å². The van der Waals surface area contributed by atoms with Gasteiger partial charge in [0.1, 0.15) is 0 Å². The van der Waals surface area contributed by atoms with Gasteiger partial charge in [0.05, 0.1) is 11.8 Å². The van der Waals surface area contributed by atoms with Crippen LogP contribution in [0, 0.1) is 0 Å². The minimum atomic E-state index is -0.602. The third-order valence-electron chi connectivity index (χ3n) is 3.30. The highest BCUT2D eigenvalue weighted by molar-refractivity contribution is 9.10. The van der Waals surface area contributed by atoms with Crippen molar-refractivity contribution in [3.8, 4) is 0 Å². The SMILES string of the molecule is CCc1cc(CC(O)c2cc(Cl)ccc2Br)n(CC)n1. The van der Waals surface area contributed by atoms with Crippen LogP contribution < -0.4 is 0 Å². The third kappa shape index (κ3) is 3.43. The number of aliphatic hydroxyl groups excluding tert-OH is 1. The highest BCUT2D eigenvalue weighted by Crippen LogP contribution is 2.29. The molecule has 0 amide bonds. The summed E-state index contributed by atoms with van der Waals surface area (Å²) in [4.78, 5) is 0. The molecule has 0 aliphatic rings. The zero-order chi connectivity index (χ0) is 14.7. The second kappa shape index (κ2) is 6.74. The Kier molecular flexibility index (Phi) is 5.24. The molecule has 0 spiro atoms. The molecule has 108 valence electrons. The van der Waals surface area contributed by atoms with Crippen LogP contribution >= 0.6 is 27.5 Å². The van der Waals surface area contributed by atoms with E-state index in [0.717, 1.165) is 34.4 Å². The summed E-state index contributed by atoms with van der Waals surface area (Å²) in [5, 5.41) is 15.6. The van der Waals surface area contributed by atoms with Crippen molar-refractivity contribution < 1.29 is 5.11 Å². The van der Waals surface area contributed by atoms with Crippen LogP contribution in [-0.2, 0) is 19.4 Å². The van der Waals surface area contributed by atoms with E-state index in [0.29, 0.717) is 11.4 Å². The average Bonchev–Trinajstić information content (AvgIpc) is 2.83. The van der Waals surface area contributed by atoms with Gasteiger partial charge in [0.2, 0.25) is 0 Å². The first-order valence-electron chi connectivity index (χ1n) is 6.73. The number of aliphatic hydroxyl groups is 1. The topological polar surface area (TPSA) is 38.0 Å². The summed E-state index contributed by atoms with van der Waals surface area (Å²) in [6.07, 6.45) is 0.825. The lowest BCUT2D eigenvalue weighted by Gasteiger charge is -2.14. The maximum absolute atomic E-state index is 10.5. The zero-order valence-corrected chi connectivity index (χ0v) is 13.9. The standard InChI is InChI=1S/C15H18BrClN2O/c1-3-11-8-12(19(4-2)18-11)9-15(20)13-7-10(17)5-6-14(13)16/h5-8,15,20H,3-4,9H2,1-2H3. The summed E-state index contributed by atoms with van der Waals surface area (Å²) >= 11 is 9.46. The Balaban J connectivity index is 2.24. The number of rotatable bonds is 5. The fourth-order valence-electron chi connectivity index (χ4n) is 2.20. The van der Waals surface area contributed by atoms with Crippen molar-refractivity contribution in [2.45, 2.75) is 39.3 Å². The van der Waals surface area contributed by atoms with Crippen LogP contribution in [-0.4, -0.2) is 14.9 Å². The van der Waals surface area contributed by atoms with Gasteiger partial charge in [-0.25, -0.2) is 0 Å². The molecule has 0 saturated heterocycles. The van der Waals surface area contributed by atoms with Crippen LogP contribution in [0.15, 0.2) is 28.7 Å². The number of hydrogen-bond acceptors (Lipinski definition) is 2. The molecule has 0 aliphatic carbocycles. The molecule has 0 fully saturated rings. The van der Waals surface area contributed by atoms with Crippen LogP contribution in [0.1, 0.15) is 36.9 Å². The van der Waals surface area contributed by atoms with E-state index >= 15 is 0 Å². The predicted molar refractivity (Wildman–Crippen MR) is 85.1 cm³/mol. The van der Waals surface area contributed by atoms with Crippen molar-refractivity contribution >= 4 is 27.5 Å². The Morgan fingerprint density at radius 3 is 2.75 bits per heavy atom. The molecular weight excluding hydrogens is 340 g/mol. The molecule has 1 unspecified atom stereocenters. The number of benzene rings is 1. The molecule has 3 nitrogen and oxygen atoms in total. The van der Waals surface area contributed by atoms with Crippen molar-refractivity contribution in [1.82, 2.24) is 9.78 Å². The minimum Gasteiger partial charge on any atom is -0.388 e. The molecule has 20 heavy (non-hydrogen) atoms. The lowest BCUT2D eigenvalue weighted by atomic mass is 10.0. The van der Waals surface area contributed by atoms with Crippen molar-refractivity contribution in [3.05, 3.63) is 50.7 Å². The van der Waals surface area contributed by atoms with Crippen molar-refractivity contribution in [3.63, 3.8) is 0 Å². The molecule has 0 bridgehead atoms. The normalized spacial score (nSPS) is 12.7. The van der Waals surface area contributed by atoms with Gasteiger partial charge in [-0.15, -0.1) is 0 Å². The molecule has 1 N–H and O–H groups in total. The van der Waals surface area contributed by atoms with Gasteiger partial charge >= 0.3 is 0 Å². The molecule has 2 rings (SSSR count). The maximum atomic E-state index is 10.5. The molecule has 1 atom stereocenters. The van der Waals surface area contributed by atoms with Gasteiger partial charge in [-0.05, 0) is 43.2 Å². The summed E-state index contributed by atoms with van der Waals surface area (Å²) in [5.74, 6) is 0. The van der Waals surface area contributed by atoms with Crippen LogP contribution in [0.3, 0.4) is 0 Å². The van der Waals surface area contributed by atoms with Crippen molar-refractivity contribution in [2.75, 3.05) is 0 Å². The fraction of sp³-hybridized carbons (Fsp3) is 0.400. The minimum absolute atomic E-state index is 0.528. The largest absolute Gasteiger partial charge is 0.388 e. The summed E-state index contributed by atoms with van der Waals surface area (Å²) < 4.78 is 2.81.